The summed E-state index contributed by atoms with van der Waals surface area (Å²) in [5, 5.41) is 17.9. The lowest BCUT2D eigenvalue weighted by Gasteiger charge is -2.07. The van der Waals surface area contributed by atoms with Crippen LogP contribution in [0.1, 0.15) is 16.1 Å². The Kier molecular flexibility index (Phi) is 2.51. The number of nitrogens with zero attached hydrogens (tertiary/aromatic N) is 3. The van der Waals surface area contributed by atoms with Gasteiger partial charge < -0.3 is 10.8 Å². The Balaban J connectivity index is 2.68. The number of carboxylic acid groups (broad SMARTS) is 1. The Morgan fingerprint density at radius 3 is 3.00 bits per heavy atom. The number of nitrogen functional groups attached to an aromatic ring is 1. The van der Waals surface area contributed by atoms with Gasteiger partial charge in [0, 0.05) is 6.20 Å². The van der Waals surface area contributed by atoms with Crippen molar-refractivity contribution in [3.05, 3.63) is 41.9 Å². The molecular weight excluding hydrogens is 220 g/mol. The number of carbonyl (C=O) groups is 1. The number of anilines is 1. The molecule has 3 N–H and O–H groups in total. The Labute approximate surface area is 96.5 Å². The van der Waals surface area contributed by atoms with Gasteiger partial charge >= 0.3 is 5.97 Å². The number of carboxylic acids is 1. The molecule has 6 heteroatoms. The first-order valence-corrected chi connectivity index (χ1v) is 4.70. The van der Waals surface area contributed by atoms with Crippen LogP contribution in [0.3, 0.4) is 0 Å². The number of rotatable bonds is 2. The molecule has 0 saturated carbocycles. The highest BCUT2D eigenvalue weighted by atomic mass is 16.4. The van der Waals surface area contributed by atoms with Crippen LogP contribution in [0.15, 0.2) is 30.6 Å². The van der Waals surface area contributed by atoms with Crippen molar-refractivity contribution in [2.75, 3.05) is 5.73 Å². The summed E-state index contributed by atoms with van der Waals surface area (Å²) in [6, 6.07) is 6.48. The first kappa shape index (κ1) is 10.7. The second kappa shape index (κ2) is 3.98. The van der Waals surface area contributed by atoms with Crippen molar-refractivity contribution < 1.29 is 9.90 Å². The van der Waals surface area contributed by atoms with Gasteiger partial charge in [-0.25, -0.2) is 9.78 Å². The molecule has 0 atom stereocenters. The van der Waals surface area contributed by atoms with Crippen molar-refractivity contribution in [3.8, 4) is 11.9 Å². The van der Waals surface area contributed by atoms with Gasteiger partial charge in [-0.3, -0.25) is 4.57 Å². The van der Waals surface area contributed by atoms with E-state index in [1.54, 1.807) is 18.3 Å². The van der Waals surface area contributed by atoms with Crippen LogP contribution >= 0.6 is 0 Å². The zero-order valence-electron chi connectivity index (χ0n) is 8.66. The Hall–Kier alpha value is -2.81. The van der Waals surface area contributed by atoms with E-state index in [1.165, 1.54) is 16.8 Å². The predicted octanol–water partition coefficient (Wildman–Crippen LogP) is 1.02. The van der Waals surface area contributed by atoms with Gasteiger partial charge in [0.05, 0.1) is 11.9 Å². The molecule has 6 nitrogen and oxygen atoms in total. The average molecular weight is 228 g/mol. The molecule has 84 valence electrons. The molecule has 2 aromatic heterocycles. The molecule has 2 rings (SSSR count). The zero-order chi connectivity index (χ0) is 12.4. The van der Waals surface area contributed by atoms with Crippen LogP contribution in [-0.4, -0.2) is 20.6 Å². The van der Waals surface area contributed by atoms with E-state index in [9.17, 15) is 4.79 Å². The van der Waals surface area contributed by atoms with Gasteiger partial charge in [-0.2, -0.15) is 5.26 Å². The molecule has 0 radical (unpaired) electrons. The third-order valence-corrected chi connectivity index (χ3v) is 2.21. The molecule has 17 heavy (non-hydrogen) atoms. The number of nitriles is 1. The first-order valence-electron chi connectivity index (χ1n) is 4.70. The van der Waals surface area contributed by atoms with Crippen LogP contribution in [0.25, 0.3) is 5.82 Å². The van der Waals surface area contributed by atoms with E-state index in [2.05, 4.69) is 4.98 Å². The highest BCUT2D eigenvalue weighted by molar-refractivity contribution is 5.92. The van der Waals surface area contributed by atoms with Crippen molar-refractivity contribution in [2.24, 2.45) is 0 Å². The topological polar surface area (TPSA) is 105 Å². The standard InChI is InChI=1S/C11H8N4O2/c12-5-8-2-1-3-15(8)10-9(11(16)17)4-7(13)6-14-10/h1-4,6H,13H2,(H,16,17). The molecule has 0 unspecified atom stereocenters. The van der Waals surface area contributed by atoms with Gasteiger partial charge in [0.1, 0.15) is 17.3 Å². The van der Waals surface area contributed by atoms with Crippen molar-refractivity contribution >= 4 is 11.7 Å². The van der Waals surface area contributed by atoms with Gasteiger partial charge in [-0.15, -0.1) is 0 Å². The molecule has 0 aliphatic carbocycles. The van der Waals surface area contributed by atoms with Crippen LogP contribution in [0.5, 0.6) is 0 Å². The Morgan fingerprint density at radius 2 is 2.35 bits per heavy atom. The molecule has 0 spiro atoms. The fraction of sp³-hybridized carbons (Fsp3) is 0. The molecule has 2 heterocycles. The summed E-state index contributed by atoms with van der Waals surface area (Å²) in [6.45, 7) is 0. The van der Waals surface area contributed by atoms with E-state index >= 15 is 0 Å². The second-order valence-electron chi connectivity index (χ2n) is 3.32. The third-order valence-electron chi connectivity index (χ3n) is 2.21. The number of pyridine rings is 1. The van der Waals surface area contributed by atoms with Crippen LogP contribution in [-0.2, 0) is 0 Å². The van der Waals surface area contributed by atoms with E-state index in [1.807, 2.05) is 6.07 Å². The number of hydrogen-bond acceptors (Lipinski definition) is 4. The molecule has 0 amide bonds. The second-order valence-corrected chi connectivity index (χ2v) is 3.32. The number of aromatic carboxylic acids is 1. The summed E-state index contributed by atoms with van der Waals surface area (Å²) in [5.74, 6) is -0.967. The van der Waals surface area contributed by atoms with Crippen LogP contribution in [0.2, 0.25) is 0 Å². The normalized spacial score (nSPS) is 9.82. The maximum atomic E-state index is 11.1. The molecule has 0 fully saturated rings. The summed E-state index contributed by atoms with van der Waals surface area (Å²) >= 11 is 0. The predicted molar refractivity (Wildman–Crippen MR) is 59.7 cm³/mol. The zero-order valence-corrected chi connectivity index (χ0v) is 8.66. The SMILES string of the molecule is N#Cc1cccn1-c1ncc(N)cc1C(=O)O. The fourth-order valence-electron chi connectivity index (χ4n) is 1.48. The highest BCUT2D eigenvalue weighted by Crippen LogP contribution is 2.17. The molecule has 0 aliphatic heterocycles. The largest absolute Gasteiger partial charge is 0.478 e. The minimum Gasteiger partial charge on any atom is -0.478 e. The van der Waals surface area contributed by atoms with Crippen LogP contribution in [0, 0.1) is 11.3 Å². The lowest BCUT2D eigenvalue weighted by Crippen LogP contribution is -2.09. The lowest BCUT2D eigenvalue weighted by atomic mass is 10.2. The van der Waals surface area contributed by atoms with E-state index in [4.69, 9.17) is 16.1 Å². The molecule has 0 saturated heterocycles. The summed E-state index contributed by atoms with van der Waals surface area (Å²) in [6.07, 6.45) is 2.92. The molecule has 0 bridgehead atoms. The third kappa shape index (κ3) is 1.81. The minimum absolute atomic E-state index is 0.0438. The van der Waals surface area contributed by atoms with Crippen molar-refractivity contribution in [2.45, 2.75) is 0 Å². The molecule has 0 aliphatic rings. The summed E-state index contributed by atoms with van der Waals surface area (Å²) in [4.78, 5) is 15.0. The van der Waals surface area contributed by atoms with E-state index < -0.39 is 5.97 Å². The average Bonchev–Trinajstić information content (AvgIpc) is 2.76. The van der Waals surface area contributed by atoms with Gasteiger partial charge in [-0.1, -0.05) is 0 Å². The maximum Gasteiger partial charge on any atom is 0.339 e. The fourth-order valence-corrected chi connectivity index (χ4v) is 1.48. The van der Waals surface area contributed by atoms with Crippen LogP contribution < -0.4 is 5.73 Å². The van der Waals surface area contributed by atoms with Gasteiger partial charge in [0.15, 0.2) is 5.82 Å². The molecular formula is C11H8N4O2. The summed E-state index contributed by atoms with van der Waals surface area (Å²) in [5.41, 5.74) is 6.02. The van der Waals surface area contributed by atoms with E-state index in [-0.39, 0.29) is 17.1 Å². The lowest BCUT2D eigenvalue weighted by molar-refractivity contribution is 0.0696. The van der Waals surface area contributed by atoms with Crippen LogP contribution in [0.4, 0.5) is 5.69 Å². The number of aromatic nitrogens is 2. The van der Waals surface area contributed by atoms with Crippen molar-refractivity contribution in [1.29, 1.82) is 5.26 Å². The van der Waals surface area contributed by atoms with Crippen molar-refractivity contribution in [3.63, 3.8) is 0 Å². The quantitative estimate of drug-likeness (QED) is 0.798. The number of hydrogen-bond donors (Lipinski definition) is 2. The monoisotopic (exact) mass is 228 g/mol. The summed E-state index contributed by atoms with van der Waals surface area (Å²) in [7, 11) is 0. The number of nitrogens with two attached hydrogens (primary N) is 1. The highest BCUT2D eigenvalue weighted by Gasteiger charge is 2.15. The molecule has 0 aromatic carbocycles. The molecule has 2 aromatic rings. The minimum atomic E-state index is -1.14. The van der Waals surface area contributed by atoms with Crippen molar-refractivity contribution in [1.82, 2.24) is 9.55 Å². The first-order chi connectivity index (χ1) is 8.13. The smallest absolute Gasteiger partial charge is 0.339 e. The maximum absolute atomic E-state index is 11.1. The Morgan fingerprint density at radius 1 is 1.59 bits per heavy atom. The van der Waals surface area contributed by atoms with Gasteiger partial charge in [0.25, 0.3) is 0 Å². The summed E-state index contributed by atoms with van der Waals surface area (Å²) < 4.78 is 1.41. The van der Waals surface area contributed by atoms with E-state index in [0.29, 0.717) is 5.69 Å². The van der Waals surface area contributed by atoms with Gasteiger partial charge in [0.2, 0.25) is 0 Å². The van der Waals surface area contributed by atoms with E-state index in [0.717, 1.165) is 0 Å². The van der Waals surface area contributed by atoms with Gasteiger partial charge in [-0.05, 0) is 18.2 Å². The Bertz CT molecular complexity index is 625.